The SMILES string of the molecule is COc1cccc(C(=O)N2CCN(c3nnc(SCC(=O)Nc4cc(C)on4)s3)CC2)c1. The van der Waals surface area contributed by atoms with Gasteiger partial charge in [-0.15, -0.1) is 10.2 Å². The number of thioether (sulfide) groups is 1. The minimum atomic E-state index is -0.190. The Hall–Kier alpha value is -3.12. The van der Waals surface area contributed by atoms with Crippen molar-refractivity contribution in [3.8, 4) is 5.75 Å². The number of benzene rings is 1. The van der Waals surface area contributed by atoms with Crippen LogP contribution in [0.2, 0.25) is 0 Å². The van der Waals surface area contributed by atoms with E-state index in [2.05, 4.69) is 25.6 Å². The zero-order valence-corrected chi connectivity index (χ0v) is 19.2. The van der Waals surface area contributed by atoms with Gasteiger partial charge in [0, 0.05) is 37.8 Å². The summed E-state index contributed by atoms with van der Waals surface area (Å²) in [5, 5.41) is 15.6. The fraction of sp³-hybridized carbons (Fsp3) is 0.350. The van der Waals surface area contributed by atoms with E-state index in [1.54, 1.807) is 32.2 Å². The third-order valence-corrected chi connectivity index (χ3v) is 6.89. The number of anilines is 2. The summed E-state index contributed by atoms with van der Waals surface area (Å²) in [5.74, 6) is 1.69. The van der Waals surface area contributed by atoms with E-state index >= 15 is 0 Å². The number of aromatic nitrogens is 3. The monoisotopic (exact) mass is 474 g/mol. The van der Waals surface area contributed by atoms with Crippen molar-refractivity contribution in [3.05, 3.63) is 41.7 Å². The van der Waals surface area contributed by atoms with Crippen molar-refractivity contribution < 1.29 is 18.8 Å². The minimum Gasteiger partial charge on any atom is -0.497 e. The number of ether oxygens (including phenoxy) is 1. The quantitative estimate of drug-likeness (QED) is 0.516. The van der Waals surface area contributed by atoms with E-state index in [4.69, 9.17) is 9.26 Å². The molecular formula is C20H22N6O4S2. The fourth-order valence-electron chi connectivity index (χ4n) is 3.16. The van der Waals surface area contributed by atoms with Crippen molar-refractivity contribution in [2.45, 2.75) is 11.3 Å². The van der Waals surface area contributed by atoms with Gasteiger partial charge in [0.05, 0.1) is 12.9 Å². The summed E-state index contributed by atoms with van der Waals surface area (Å²) < 4.78 is 10.8. The highest BCUT2D eigenvalue weighted by atomic mass is 32.2. The molecule has 2 amide bonds. The first-order valence-corrected chi connectivity index (χ1v) is 11.7. The Kier molecular flexibility index (Phi) is 6.90. The molecule has 1 aliphatic heterocycles. The van der Waals surface area contributed by atoms with Crippen LogP contribution in [0.5, 0.6) is 5.75 Å². The van der Waals surface area contributed by atoms with Crippen LogP contribution in [-0.4, -0.2) is 71.1 Å². The Morgan fingerprint density at radius 2 is 2.03 bits per heavy atom. The lowest BCUT2D eigenvalue weighted by Crippen LogP contribution is -2.48. The van der Waals surface area contributed by atoms with Gasteiger partial charge < -0.3 is 24.4 Å². The first-order valence-electron chi connectivity index (χ1n) is 9.89. The van der Waals surface area contributed by atoms with Gasteiger partial charge in [0.1, 0.15) is 11.5 Å². The number of nitrogens with zero attached hydrogens (tertiary/aromatic N) is 5. The molecule has 0 aliphatic carbocycles. The van der Waals surface area contributed by atoms with Gasteiger partial charge in [-0.3, -0.25) is 9.59 Å². The Labute approximate surface area is 192 Å². The van der Waals surface area contributed by atoms with Crippen molar-refractivity contribution in [3.63, 3.8) is 0 Å². The lowest BCUT2D eigenvalue weighted by atomic mass is 10.1. The number of piperazine rings is 1. The lowest BCUT2D eigenvalue weighted by Gasteiger charge is -2.34. The highest BCUT2D eigenvalue weighted by molar-refractivity contribution is 8.01. The van der Waals surface area contributed by atoms with Crippen LogP contribution in [0.4, 0.5) is 10.9 Å². The van der Waals surface area contributed by atoms with Crippen LogP contribution in [0.3, 0.4) is 0 Å². The maximum absolute atomic E-state index is 12.8. The number of rotatable bonds is 7. The number of nitrogens with one attached hydrogen (secondary N) is 1. The van der Waals surface area contributed by atoms with Gasteiger partial charge in [-0.1, -0.05) is 34.3 Å². The van der Waals surface area contributed by atoms with Crippen LogP contribution in [0, 0.1) is 6.92 Å². The maximum atomic E-state index is 12.8. The first-order chi connectivity index (χ1) is 15.5. The van der Waals surface area contributed by atoms with Crippen molar-refractivity contribution in [1.29, 1.82) is 0 Å². The van der Waals surface area contributed by atoms with Gasteiger partial charge in [-0.25, -0.2) is 0 Å². The van der Waals surface area contributed by atoms with E-state index in [1.807, 2.05) is 17.0 Å². The third kappa shape index (κ3) is 5.37. The highest BCUT2D eigenvalue weighted by Crippen LogP contribution is 2.29. The van der Waals surface area contributed by atoms with Crippen molar-refractivity contribution in [1.82, 2.24) is 20.3 Å². The molecule has 1 fully saturated rings. The molecular weight excluding hydrogens is 452 g/mol. The number of methoxy groups -OCH3 is 1. The average molecular weight is 475 g/mol. The van der Waals surface area contributed by atoms with E-state index in [-0.39, 0.29) is 17.6 Å². The topological polar surface area (TPSA) is 114 Å². The third-order valence-electron chi connectivity index (χ3n) is 4.77. The van der Waals surface area contributed by atoms with E-state index < -0.39 is 0 Å². The van der Waals surface area contributed by atoms with Gasteiger partial charge >= 0.3 is 0 Å². The summed E-state index contributed by atoms with van der Waals surface area (Å²) in [5.41, 5.74) is 0.617. The summed E-state index contributed by atoms with van der Waals surface area (Å²) in [6, 6.07) is 8.84. The minimum absolute atomic E-state index is 0.00891. The molecule has 32 heavy (non-hydrogen) atoms. The van der Waals surface area contributed by atoms with Gasteiger partial charge in [0.15, 0.2) is 10.2 Å². The van der Waals surface area contributed by atoms with Gasteiger partial charge in [0.2, 0.25) is 11.0 Å². The van der Waals surface area contributed by atoms with Crippen LogP contribution >= 0.6 is 23.1 Å². The molecule has 1 aromatic carbocycles. The zero-order chi connectivity index (χ0) is 22.5. The molecule has 0 radical (unpaired) electrons. The number of carbonyl (C=O) groups is 2. The molecule has 0 bridgehead atoms. The molecule has 1 aliphatic rings. The number of hydrogen-bond donors (Lipinski definition) is 1. The van der Waals surface area contributed by atoms with Gasteiger partial charge in [-0.05, 0) is 25.1 Å². The molecule has 0 saturated carbocycles. The molecule has 0 atom stereocenters. The van der Waals surface area contributed by atoms with Gasteiger partial charge in [0.25, 0.3) is 5.91 Å². The zero-order valence-electron chi connectivity index (χ0n) is 17.6. The second-order valence-electron chi connectivity index (χ2n) is 7.02. The second kappa shape index (κ2) is 10.0. The van der Waals surface area contributed by atoms with Crippen molar-refractivity contribution in [2.75, 3.05) is 49.3 Å². The highest BCUT2D eigenvalue weighted by Gasteiger charge is 2.24. The lowest BCUT2D eigenvalue weighted by molar-refractivity contribution is -0.113. The molecule has 0 spiro atoms. The molecule has 3 aromatic rings. The smallest absolute Gasteiger partial charge is 0.254 e. The summed E-state index contributed by atoms with van der Waals surface area (Å²) in [7, 11) is 1.58. The van der Waals surface area contributed by atoms with Gasteiger partial charge in [-0.2, -0.15) is 0 Å². The van der Waals surface area contributed by atoms with E-state index in [0.29, 0.717) is 53.4 Å². The average Bonchev–Trinajstić information content (AvgIpc) is 3.46. The number of hydrogen-bond acceptors (Lipinski definition) is 10. The number of amides is 2. The molecule has 10 nitrogen and oxygen atoms in total. The fourth-order valence-corrected chi connectivity index (χ4v) is 4.85. The Balaban J connectivity index is 1.26. The van der Waals surface area contributed by atoms with E-state index in [9.17, 15) is 9.59 Å². The molecule has 0 unspecified atom stereocenters. The first kappa shape index (κ1) is 22.1. The predicted molar refractivity (Wildman–Crippen MR) is 122 cm³/mol. The summed E-state index contributed by atoms with van der Waals surface area (Å²) in [6.07, 6.45) is 0. The Bertz CT molecular complexity index is 1090. The van der Waals surface area contributed by atoms with Crippen LogP contribution in [-0.2, 0) is 4.79 Å². The molecule has 1 saturated heterocycles. The summed E-state index contributed by atoms with van der Waals surface area (Å²) >= 11 is 2.75. The summed E-state index contributed by atoms with van der Waals surface area (Å²) in [4.78, 5) is 28.8. The van der Waals surface area contributed by atoms with Crippen molar-refractivity contribution in [2.24, 2.45) is 0 Å². The van der Waals surface area contributed by atoms with Crippen molar-refractivity contribution >= 4 is 45.9 Å². The largest absolute Gasteiger partial charge is 0.497 e. The molecule has 2 aromatic heterocycles. The Morgan fingerprint density at radius 1 is 1.22 bits per heavy atom. The number of carbonyl (C=O) groups excluding carboxylic acids is 2. The molecule has 4 rings (SSSR count). The normalized spacial score (nSPS) is 13.8. The van der Waals surface area contributed by atoms with Crippen LogP contribution in [0.15, 0.2) is 39.2 Å². The predicted octanol–water partition coefficient (Wildman–Crippen LogP) is 2.54. The molecule has 12 heteroatoms. The molecule has 3 heterocycles. The van der Waals surface area contributed by atoms with Crippen LogP contribution < -0.4 is 15.0 Å². The van der Waals surface area contributed by atoms with E-state index in [0.717, 1.165) is 5.13 Å². The second-order valence-corrected chi connectivity index (χ2v) is 9.20. The molecule has 168 valence electrons. The molecule has 1 N–H and O–H groups in total. The standard InChI is InChI=1S/C20H22N6O4S2/c1-13-10-16(24-30-13)21-17(27)12-31-20-23-22-19(32-20)26-8-6-25(7-9-26)18(28)14-4-3-5-15(11-14)29-2/h3-5,10-11H,6-9,12H2,1-2H3,(H,21,24,27). The van der Waals surface area contributed by atoms with Crippen LogP contribution in [0.1, 0.15) is 16.1 Å². The van der Waals surface area contributed by atoms with Crippen LogP contribution in [0.25, 0.3) is 0 Å². The number of aryl methyl sites for hydroxylation is 1. The Morgan fingerprint density at radius 3 is 2.75 bits per heavy atom. The van der Waals surface area contributed by atoms with E-state index in [1.165, 1.54) is 23.1 Å². The maximum Gasteiger partial charge on any atom is 0.254 e. The summed E-state index contributed by atoms with van der Waals surface area (Å²) in [6.45, 7) is 4.28.